The monoisotopic (exact) mass is 305 g/mol. The Morgan fingerprint density at radius 2 is 2.05 bits per heavy atom. The summed E-state index contributed by atoms with van der Waals surface area (Å²) >= 11 is 0. The molecule has 1 aromatic rings. The van der Waals surface area contributed by atoms with Gasteiger partial charge in [-0.25, -0.2) is 0 Å². The second kappa shape index (κ2) is 4.61. The molecule has 0 aliphatic carbocycles. The average Bonchev–Trinajstić information content (AvgIpc) is 2.86. The van der Waals surface area contributed by atoms with Gasteiger partial charge in [-0.3, -0.25) is 4.67 Å². The number of hydrogen-bond donors (Lipinski definition) is 0. The molecule has 0 aromatic heterocycles. The quantitative estimate of drug-likeness (QED) is 0.689. The molecule has 0 amide bonds. The van der Waals surface area contributed by atoms with Crippen LogP contribution in [0.15, 0.2) is 30.8 Å². The molecule has 21 heavy (non-hydrogen) atoms. The number of fused-ring (bicyclic) bond motifs is 4. The molecular formula is C16H20NO3P. The Morgan fingerprint density at radius 1 is 1.29 bits per heavy atom. The molecule has 3 aliphatic rings. The lowest BCUT2D eigenvalue weighted by Gasteiger charge is -2.30. The van der Waals surface area contributed by atoms with Crippen molar-refractivity contribution in [1.82, 2.24) is 4.67 Å². The molecule has 2 saturated heterocycles. The third kappa shape index (κ3) is 2.09. The second-order valence-corrected chi connectivity index (χ2v) is 7.03. The molecule has 0 spiro atoms. The molecular weight excluding hydrogens is 285 g/mol. The Labute approximate surface area is 127 Å². The Morgan fingerprint density at radius 3 is 2.86 bits per heavy atom. The van der Waals surface area contributed by atoms with Gasteiger partial charge in [-0.1, -0.05) is 40.2 Å². The van der Waals surface area contributed by atoms with Crippen LogP contribution in [-0.2, 0) is 20.8 Å². The number of benzene rings is 1. The summed E-state index contributed by atoms with van der Waals surface area (Å²) < 4.78 is 20.3. The highest BCUT2D eigenvalue weighted by Crippen LogP contribution is 2.46. The van der Waals surface area contributed by atoms with Crippen molar-refractivity contribution in [3.05, 3.63) is 42.0 Å². The Balaban J connectivity index is 1.73. The summed E-state index contributed by atoms with van der Waals surface area (Å²) in [5, 5.41) is 0. The zero-order valence-electron chi connectivity index (χ0n) is 12.3. The van der Waals surface area contributed by atoms with E-state index in [1.54, 1.807) is 0 Å². The highest BCUT2D eigenvalue weighted by molar-refractivity contribution is 7.13. The zero-order chi connectivity index (χ0) is 14.8. The van der Waals surface area contributed by atoms with E-state index in [1.807, 2.05) is 19.9 Å². The highest BCUT2D eigenvalue weighted by Gasteiger charge is 2.57. The zero-order valence-corrected chi connectivity index (χ0v) is 13.4. The molecule has 4 nitrogen and oxygen atoms in total. The molecule has 3 aliphatic heterocycles. The average molecular weight is 305 g/mol. The highest BCUT2D eigenvalue weighted by atomic mass is 31.0. The lowest BCUT2D eigenvalue weighted by Crippen LogP contribution is -2.42. The maximum Gasteiger partial charge on any atom is 0.189 e. The first kappa shape index (κ1) is 13.9. The van der Waals surface area contributed by atoms with Gasteiger partial charge in [-0.2, -0.15) is 0 Å². The summed E-state index contributed by atoms with van der Waals surface area (Å²) in [5.41, 5.74) is 3.46. The summed E-state index contributed by atoms with van der Waals surface area (Å²) in [5.74, 6) is -0.591. The normalized spacial score (nSPS) is 37.8. The van der Waals surface area contributed by atoms with Gasteiger partial charge in [0, 0.05) is 6.54 Å². The Bertz CT molecular complexity index is 603. The van der Waals surface area contributed by atoms with Crippen molar-refractivity contribution in [2.75, 3.05) is 0 Å². The van der Waals surface area contributed by atoms with Gasteiger partial charge in [0.25, 0.3) is 0 Å². The van der Waals surface area contributed by atoms with Gasteiger partial charge >= 0.3 is 0 Å². The van der Waals surface area contributed by atoms with Crippen LogP contribution in [0.1, 0.15) is 25.0 Å². The van der Waals surface area contributed by atoms with Gasteiger partial charge in [0.2, 0.25) is 0 Å². The summed E-state index contributed by atoms with van der Waals surface area (Å²) in [6.07, 6.45) is -0.508. The summed E-state index contributed by atoms with van der Waals surface area (Å²) in [7, 11) is 2.82. The van der Waals surface area contributed by atoms with Gasteiger partial charge in [0.1, 0.15) is 12.2 Å². The molecule has 3 unspecified atom stereocenters. The lowest BCUT2D eigenvalue weighted by molar-refractivity contribution is -0.202. The van der Waals surface area contributed by atoms with Crippen molar-refractivity contribution in [3.8, 4) is 0 Å². The topological polar surface area (TPSA) is 30.9 Å². The van der Waals surface area contributed by atoms with Crippen LogP contribution in [0.3, 0.4) is 0 Å². The van der Waals surface area contributed by atoms with Gasteiger partial charge in [0.05, 0.1) is 6.04 Å². The molecule has 0 bridgehead atoms. The van der Waals surface area contributed by atoms with Crippen molar-refractivity contribution in [3.63, 3.8) is 0 Å². The van der Waals surface area contributed by atoms with Crippen LogP contribution in [0.2, 0.25) is 0 Å². The molecule has 5 atom stereocenters. The van der Waals surface area contributed by atoms with E-state index < -0.39 is 5.79 Å². The van der Waals surface area contributed by atoms with Crippen molar-refractivity contribution in [2.24, 2.45) is 0 Å². The van der Waals surface area contributed by atoms with Crippen LogP contribution in [0.4, 0.5) is 0 Å². The minimum Gasteiger partial charge on any atom is -0.340 e. The molecule has 0 N–H and O–H groups in total. The fourth-order valence-electron chi connectivity index (χ4n) is 3.57. The lowest BCUT2D eigenvalue weighted by atomic mass is 9.95. The number of hydrogen-bond acceptors (Lipinski definition) is 4. The number of nitrogens with zero attached hydrogens (tertiary/aromatic N) is 1. The van der Waals surface area contributed by atoms with Crippen LogP contribution in [0.25, 0.3) is 5.57 Å². The summed E-state index contributed by atoms with van der Waals surface area (Å²) in [4.78, 5) is 0. The smallest absolute Gasteiger partial charge is 0.189 e. The van der Waals surface area contributed by atoms with E-state index in [1.165, 1.54) is 11.1 Å². The minimum absolute atomic E-state index is 0.0893. The predicted octanol–water partition coefficient (Wildman–Crippen LogP) is 2.55. The van der Waals surface area contributed by atoms with Gasteiger partial charge < -0.3 is 14.2 Å². The first-order valence-corrected chi connectivity index (χ1v) is 7.77. The van der Waals surface area contributed by atoms with Crippen LogP contribution in [-0.4, -0.2) is 35.0 Å². The molecule has 0 radical (unpaired) electrons. The standard InChI is InChI=1S/C16H20NO3P/c1-9-11-7-5-4-6-10(11)8-17(21)12-13(9)18-15-14(12)19-16(2,3)20-15/h4-7,12-15H,1,8,21H2,2-3H3/t12-,13-,14?,15?/m1/s1. The maximum absolute atomic E-state index is 6.14. The maximum atomic E-state index is 6.14. The predicted molar refractivity (Wildman–Crippen MR) is 83.2 cm³/mol. The Kier molecular flexibility index (Phi) is 3.04. The first-order valence-electron chi connectivity index (χ1n) is 7.26. The molecule has 2 fully saturated rings. The third-order valence-electron chi connectivity index (χ3n) is 4.46. The van der Waals surface area contributed by atoms with Crippen molar-refractivity contribution >= 4 is 15.0 Å². The van der Waals surface area contributed by atoms with E-state index in [0.717, 1.165) is 12.1 Å². The fourth-order valence-corrected chi connectivity index (χ4v) is 4.09. The Hall–Kier alpha value is -0.770. The van der Waals surface area contributed by atoms with E-state index in [9.17, 15) is 0 Å². The van der Waals surface area contributed by atoms with Crippen molar-refractivity contribution < 1.29 is 14.2 Å². The largest absolute Gasteiger partial charge is 0.340 e. The van der Waals surface area contributed by atoms with Crippen LogP contribution >= 0.6 is 9.39 Å². The van der Waals surface area contributed by atoms with Gasteiger partial charge in [-0.15, -0.1) is 0 Å². The van der Waals surface area contributed by atoms with Gasteiger partial charge in [-0.05, 0) is 30.5 Å². The molecule has 3 heterocycles. The fraction of sp³-hybridized carbons (Fsp3) is 0.500. The SMILES string of the molecule is C=C1c2ccccc2CN(P)[C@H]2C3OC(C)(C)OC3O[C@H]12. The van der Waals surface area contributed by atoms with Crippen LogP contribution in [0.5, 0.6) is 0 Å². The van der Waals surface area contributed by atoms with E-state index >= 15 is 0 Å². The minimum atomic E-state index is -0.591. The van der Waals surface area contributed by atoms with E-state index in [2.05, 4.69) is 38.8 Å². The second-order valence-electron chi connectivity index (χ2n) is 6.37. The third-order valence-corrected chi connectivity index (χ3v) is 4.99. The van der Waals surface area contributed by atoms with Crippen molar-refractivity contribution in [1.29, 1.82) is 0 Å². The molecule has 0 saturated carbocycles. The van der Waals surface area contributed by atoms with Crippen LogP contribution < -0.4 is 0 Å². The molecule has 1 aromatic carbocycles. The van der Waals surface area contributed by atoms with E-state index in [0.29, 0.717) is 0 Å². The molecule has 5 heteroatoms. The molecule has 112 valence electrons. The summed E-state index contributed by atoms with van der Waals surface area (Å²) in [6.45, 7) is 8.97. The van der Waals surface area contributed by atoms with Crippen molar-refractivity contribution in [2.45, 2.75) is 50.7 Å². The van der Waals surface area contributed by atoms with Gasteiger partial charge in [0.15, 0.2) is 12.1 Å². The number of rotatable bonds is 0. The summed E-state index contributed by atoms with van der Waals surface area (Å²) in [6, 6.07) is 8.46. The first-order chi connectivity index (χ1) is 9.96. The van der Waals surface area contributed by atoms with E-state index in [4.69, 9.17) is 14.2 Å². The van der Waals surface area contributed by atoms with E-state index in [-0.39, 0.29) is 24.5 Å². The van der Waals surface area contributed by atoms with Crippen LogP contribution in [0, 0.1) is 0 Å². The molecule has 4 rings (SSSR count). The number of ether oxygens (including phenoxy) is 3.